The SMILES string of the molecule is CC(C)N(CCCNC1=NCC2CN(C(=O)OC(C)(C)C)CCN12)C(C)C. The predicted octanol–water partition coefficient (Wildman–Crippen LogP) is 2.38. The highest BCUT2D eigenvalue weighted by atomic mass is 16.6. The Balaban J connectivity index is 1.75. The number of rotatable bonds is 6. The molecule has 0 aromatic carbocycles. The fourth-order valence-electron chi connectivity index (χ4n) is 3.80. The third-order valence-corrected chi connectivity index (χ3v) is 5.06. The summed E-state index contributed by atoms with van der Waals surface area (Å²) in [5, 5.41) is 3.51. The van der Waals surface area contributed by atoms with Crippen LogP contribution in [0, 0.1) is 0 Å². The number of guanidine groups is 1. The van der Waals surface area contributed by atoms with Gasteiger partial charge in [0.15, 0.2) is 5.96 Å². The average Bonchev–Trinajstić information content (AvgIpc) is 2.94. The minimum atomic E-state index is -0.451. The molecule has 156 valence electrons. The van der Waals surface area contributed by atoms with Crippen molar-refractivity contribution in [2.75, 3.05) is 39.3 Å². The number of carbonyl (C=O) groups excluding carboxylic acids is 1. The smallest absolute Gasteiger partial charge is 0.410 e. The van der Waals surface area contributed by atoms with Gasteiger partial charge in [-0.2, -0.15) is 0 Å². The Labute approximate surface area is 165 Å². The van der Waals surface area contributed by atoms with Crippen LogP contribution in [-0.2, 0) is 4.74 Å². The van der Waals surface area contributed by atoms with Crippen molar-refractivity contribution in [3.8, 4) is 0 Å². The fourth-order valence-corrected chi connectivity index (χ4v) is 3.80. The van der Waals surface area contributed by atoms with Gasteiger partial charge >= 0.3 is 6.09 Å². The monoisotopic (exact) mass is 381 g/mol. The van der Waals surface area contributed by atoms with Gasteiger partial charge in [0.25, 0.3) is 0 Å². The molecule has 27 heavy (non-hydrogen) atoms. The number of ether oxygens (including phenoxy) is 1. The molecule has 2 aliphatic heterocycles. The largest absolute Gasteiger partial charge is 0.444 e. The van der Waals surface area contributed by atoms with Gasteiger partial charge in [0, 0.05) is 44.8 Å². The van der Waals surface area contributed by atoms with Gasteiger partial charge in [-0.05, 0) is 54.9 Å². The zero-order valence-electron chi connectivity index (χ0n) is 18.3. The summed E-state index contributed by atoms with van der Waals surface area (Å²) in [6.07, 6.45) is 0.879. The molecular weight excluding hydrogens is 342 g/mol. The van der Waals surface area contributed by atoms with Crippen LogP contribution in [0.3, 0.4) is 0 Å². The molecule has 2 aliphatic rings. The summed E-state index contributed by atoms with van der Waals surface area (Å²) in [7, 11) is 0. The first kappa shape index (κ1) is 21.8. The van der Waals surface area contributed by atoms with E-state index in [0.717, 1.165) is 38.6 Å². The van der Waals surface area contributed by atoms with Crippen molar-refractivity contribution >= 4 is 12.1 Å². The van der Waals surface area contributed by atoms with Crippen LogP contribution in [0.25, 0.3) is 0 Å². The normalized spacial score (nSPS) is 20.4. The zero-order valence-corrected chi connectivity index (χ0v) is 18.3. The van der Waals surface area contributed by atoms with E-state index in [1.54, 1.807) is 0 Å². The van der Waals surface area contributed by atoms with E-state index in [1.807, 2.05) is 25.7 Å². The van der Waals surface area contributed by atoms with E-state index in [4.69, 9.17) is 4.74 Å². The number of nitrogens with one attached hydrogen (secondary N) is 1. The van der Waals surface area contributed by atoms with Crippen molar-refractivity contribution < 1.29 is 9.53 Å². The lowest BCUT2D eigenvalue weighted by atomic mass is 10.2. The van der Waals surface area contributed by atoms with Gasteiger partial charge in [-0.1, -0.05) is 0 Å². The first-order valence-corrected chi connectivity index (χ1v) is 10.4. The number of aliphatic imine (C=N–C) groups is 1. The first-order chi connectivity index (χ1) is 12.6. The maximum atomic E-state index is 12.3. The first-order valence-electron chi connectivity index (χ1n) is 10.4. The van der Waals surface area contributed by atoms with Crippen LogP contribution >= 0.6 is 0 Å². The molecule has 1 amide bonds. The van der Waals surface area contributed by atoms with Crippen molar-refractivity contribution in [3.63, 3.8) is 0 Å². The van der Waals surface area contributed by atoms with Gasteiger partial charge < -0.3 is 19.9 Å². The predicted molar refractivity (Wildman–Crippen MR) is 110 cm³/mol. The van der Waals surface area contributed by atoms with E-state index in [0.29, 0.717) is 25.2 Å². The van der Waals surface area contributed by atoms with Gasteiger partial charge in [-0.25, -0.2) is 4.79 Å². The highest BCUT2D eigenvalue weighted by Crippen LogP contribution is 2.18. The van der Waals surface area contributed by atoms with E-state index in [9.17, 15) is 4.79 Å². The maximum Gasteiger partial charge on any atom is 0.410 e. The van der Waals surface area contributed by atoms with E-state index >= 15 is 0 Å². The Hall–Kier alpha value is -1.50. The molecule has 7 heteroatoms. The zero-order chi connectivity index (χ0) is 20.2. The standard InChI is InChI=1S/C20H39N5O2/c1-15(2)24(16(3)4)10-8-9-21-18-22-13-17-14-23(11-12-25(17)18)19(26)27-20(5,6)7/h15-17H,8-14H2,1-7H3,(H,21,22). The summed E-state index contributed by atoms with van der Waals surface area (Å²) in [6.45, 7) is 19.6. The Bertz CT molecular complexity index is 519. The highest BCUT2D eigenvalue weighted by Gasteiger charge is 2.36. The van der Waals surface area contributed by atoms with E-state index in [1.165, 1.54) is 0 Å². The third kappa shape index (κ3) is 6.26. The molecule has 1 atom stereocenters. The molecule has 0 aliphatic carbocycles. The molecule has 1 unspecified atom stereocenters. The van der Waals surface area contributed by atoms with Crippen molar-refractivity contribution in [3.05, 3.63) is 0 Å². The van der Waals surface area contributed by atoms with Crippen LogP contribution in [-0.4, -0.2) is 89.7 Å². The molecule has 0 aromatic heterocycles. The van der Waals surface area contributed by atoms with Crippen LogP contribution in [0.4, 0.5) is 4.79 Å². The quantitative estimate of drug-likeness (QED) is 0.716. The minimum absolute atomic E-state index is 0.217. The molecule has 2 heterocycles. The van der Waals surface area contributed by atoms with Crippen LogP contribution in [0.2, 0.25) is 0 Å². The summed E-state index contributed by atoms with van der Waals surface area (Å²) in [5.74, 6) is 0.990. The highest BCUT2D eigenvalue weighted by molar-refractivity contribution is 5.82. The van der Waals surface area contributed by atoms with Crippen LogP contribution in [0.1, 0.15) is 54.9 Å². The molecule has 1 N–H and O–H groups in total. The maximum absolute atomic E-state index is 12.3. The topological polar surface area (TPSA) is 60.4 Å². The summed E-state index contributed by atoms with van der Waals surface area (Å²) in [5.41, 5.74) is -0.451. The number of nitrogens with zero attached hydrogens (tertiary/aromatic N) is 4. The van der Waals surface area contributed by atoms with Gasteiger partial charge in [0.2, 0.25) is 0 Å². The van der Waals surface area contributed by atoms with E-state index in [-0.39, 0.29) is 12.1 Å². The third-order valence-electron chi connectivity index (χ3n) is 5.06. The van der Waals surface area contributed by atoms with Crippen LogP contribution in [0.5, 0.6) is 0 Å². The molecule has 0 spiro atoms. The van der Waals surface area contributed by atoms with Gasteiger partial charge in [-0.15, -0.1) is 0 Å². The summed E-state index contributed by atoms with van der Waals surface area (Å²) >= 11 is 0. The lowest BCUT2D eigenvalue weighted by Gasteiger charge is -2.39. The molecule has 1 fully saturated rings. The molecule has 2 rings (SSSR count). The summed E-state index contributed by atoms with van der Waals surface area (Å²) in [6, 6.07) is 1.40. The molecule has 0 saturated carbocycles. The Kier molecular flexibility index (Phi) is 7.37. The number of hydrogen-bond donors (Lipinski definition) is 1. The average molecular weight is 382 g/mol. The molecule has 1 saturated heterocycles. The number of hydrogen-bond acceptors (Lipinski definition) is 6. The van der Waals surface area contributed by atoms with Crippen molar-refractivity contribution in [2.45, 2.75) is 78.6 Å². The summed E-state index contributed by atoms with van der Waals surface area (Å²) < 4.78 is 5.50. The van der Waals surface area contributed by atoms with Crippen molar-refractivity contribution in [1.29, 1.82) is 0 Å². The Morgan fingerprint density at radius 3 is 2.52 bits per heavy atom. The lowest BCUT2D eigenvalue weighted by molar-refractivity contribution is 0.0137. The second kappa shape index (κ2) is 9.13. The fraction of sp³-hybridized carbons (Fsp3) is 0.900. The number of piperazine rings is 1. The lowest BCUT2D eigenvalue weighted by Crippen LogP contribution is -2.57. The summed E-state index contributed by atoms with van der Waals surface area (Å²) in [4.78, 5) is 23.6. The molecule has 0 bridgehead atoms. The second-order valence-corrected chi connectivity index (χ2v) is 9.14. The second-order valence-electron chi connectivity index (χ2n) is 9.14. The van der Waals surface area contributed by atoms with E-state index in [2.05, 4.69) is 47.8 Å². The van der Waals surface area contributed by atoms with Crippen LogP contribution in [0.15, 0.2) is 4.99 Å². The Morgan fingerprint density at radius 1 is 1.26 bits per heavy atom. The van der Waals surface area contributed by atoms with Gasteiger partial charge in [0.1, 0.15) is 5.60 Å². The number of fused-ring (bicyclic) bond motifs is 1. The molecular formula is C20H39N5O2. The number of amides is 1. The van der Waals surface area contributed by atoms with Gasteiger partial charge in [0.05, 0.1) is 12.6 Å². The van der Waals surface area contributed by atoms with Crippen molar-refractivity contribution in [2.24, 2.45) is 4.99 Å². The Morgan fingerprint density at radius 2 is 1.93 bits per heavy atom. The van der Waals surface area contributed by atoms with Gasteiger partial charge in [-0.3, -0.25) is 9.89 Å². The molecule has 7 nitrogen and oxygen atoms in total. The van der Waals surface area contributed by atoms with E-state index < -0.39 is 5.60 Å². The number of carbonyl (C=O) groups is 1. The molecule has 0 radical (unpaired) electrons. The van der Waals surface area contributed by atoms with Crippen molar-refractivity contribution in [1.82, 2.24) is 20.0 Å². The van der Waals surface area contributed by atoms with Crippen LogP contribution < -0.4 is 5.32 Å². The minimum Gasteiger partial charge on any atom is -0.444 e. The molecule has 0 aromatic rings.